The third-order valence-electron chi connectivity index (χ3n) is 22.8. The van der Waals surface area contributed by atoms with Crippen LogP contribution in [0.15, 0.2) is 433 Å². The largest absolute Gasteiger partial charge is 0.456 e. The van der Waals surface area contributed by atoms with Gasteiger partial charge in [-0.2, -0.15) is 0 Å². The van der Waals surface area contributed by atoms with Gasteiger partial charge in [0.1, 0.15) is 22.3 Å². The van der Waals surface area contributed by atoms with Gasteiger partial charge in [0.2, 0.25) is 0 Å². The Morgan fingerprint density at radius 1 is 0.172 bits per heavy atom. The van der Waals surface area contributed by atoms with Gasteiger partial charge in [-0.3, -0.25) is 0 Å². The summed E-state index contributed by atoms with van der Waals surface area (Å²) < 4.78 is 16.8. The Morgan fingerprint density at radius 2 is 0.500 bits per heavy atom. The maximum atomic E-state index is 6.04. The molecule has 0 saturated carbocycles. The van der Waals surface area contributed by atoms with Crippen molar-refractivity contribution < 1.29 is 8.83 Å². The lowest BCUT2D eigenvalue weighted by Crippen LogP contribution is -1.93. The molecule has 0 spiro atoms. The summed E-state index contributed by atoms with van der Waals surface area (Å²) in [6.45, 7) is 8.72. The molecule has 116 heavy (non-hydrogen) atoms. The average Bonchev–Trinajstić information content (AvgIpc) is 1.59. The highest BCUT2D eigenvalue weighted by Gasteiger charge is 2.20. The van der Waals surface area contributed by atoms with Crippen molar-refractivity contribution >= 4 is 87.5 Å². The van der Waals surface area contributed by atoms with Gasteiger partial charge in [0.25, 0.3) is 0 Å². The van der Waals surface area contributed by atoms with E-state index in [-0.39, 0.29) is 0 Å². The molecule has 0 aliphatic heterocycles. The minimum atomic E-state index is 0.937. The van der Waals surface area contributed by atoms with Gasteiger partial charge < -0.3 is 18.0 Å². The summed E-state index contributed by atoms with van der Waals surface area (Å²) in [6.07, 6.45) is 0. The topological polar surface area (TPSA) is 36.1 Å². The van der Waals surface area contributed by atoms with E-state index in [1.165, 1.54) is 188 Å². The Bertz CT molecular complexity index is 7350. The molecule has 4 nitrogen and oxygen atoms in total. The van der Waals surface area contributed by atoms with E-state index < -0.39 is 0 Å². The van der Waals surface area contributed by atoms with Crippen LogP contribution >= 0.6 is 0 Å². The number of nitrogens with zero attached hydrogens (tertiary/aromatic N) is 2. The molecule has 0 fully saturated rings. The predicted octanol–water partition coefficient (Wildman–Crippen LogP) is 31.3. The molecule has 0 unspecified atom stereocenters. The first kappa shape index (κ1) is 71.5. The number of para-hydroxylation sites is 6. The second-order valence-corrected chi connectivity index (χ2v) is 29.9. The maximum Gasteiger partial charge on any atom is 0.136 e. The van der Waals surface area contributed by atoms with Gasteiger partial charge >= 0.3 is 0 Å². The summed E-state index contributed by atoms with van der Waals surface area (Å²) in [5.74, 6) is 0. The third-order valence-corrected chi connectivity index (χ3v) is 22.8. The standard InChI is InChI=1S/2C31H23N.2C25H18O/c1-22-11-10-17-26(31(22)23-12-4-2-5-13-23)24-19-20-30-28(21-24)27-16-8-9-18-29(27)32(30)25-14-6-3-7-15-25;1-22-11-5-6-14-25(22)27-16-8-7-15-26(27)23-19-20-31-29(21-23)28-17-9-10-18-30(28)32(31)24-12-3-2-4-13-24;1-17-7-2-3-8-20(17)18-13-15-19(16-14-18)21-10-6-12-24-25(21)22-9-4-5-11-23(22)26-24;1-17-16-19(14-15-20(17)18-8-3-2-4-9-18)21-11-7-13-24-25(21)22-10-5-6-12-23(22)26-24/h2*2-21H,1H3;2*2-16H,1H3. The Morgan fingerprint density at radius 3 is 1.03 bits per heavy atom. The van der Waals surface area contributed by atoms with Crippen LogP contribution in [0.1, 0.15) is 22.3 Å². The van der Waals surface area contributed by atoms with E-state index in [9.17, 15) is 0 Å². The lowest BCUT2D eigenvalue weighted by atomic mass is 9.90. The van der Waals surface area contributed by atoms with E-state index in [0.717, 1.165) is 22.3 Å². The van der Waals surface area contributed by atoms with Crippen LogP contribution in [0.3, 0.4) is 0 Å². The molecule has 0 N–H and O–H groups in total. The molecule has 0 aliphatic carbocycles. The average molecular weight is 1490 g/mol. The quantitative estimate of drug-likeness (QED) is 0.137. The number of benzene rings is 18. The molecule has 4 heterocycles. The first-order chi connectivity index (χ1) is 57.2. The zero-order chi connectivity index (χ0) is 78.0. The second-order valence-electron chi connectivity index (χ2n) is 29.9. The SMILES string of the molecule is Cc1cc(-c2cccc3oc4ccccc4c23)ccc1-c1ccccc1.Cc1cccc(-c2ccc3c(c2)c2ccccc2n3-c2ccccc2)c1-c1ccccc1.Cc1ccccc1-c1ccc(-c2cccc3oc4ccccc4c23)cc1.Cc1ccccc1-c1ccccc1-c1ccc2c(c1)c1ccccc1n2-c1ccccc1. The number of aromatic nitrogens is 2. The summed E-state index contributed by atoms with van der Waals surface area (Å²) in [5.41, 5.74) is 36.3. The summed E-state index contributed by atoms with van der Waals surface area (Å²) in [7, 11) is 0. The summed E-state index contributed by atoms with van der Waals surface area (Å²) in [6, 6.07) is 151. The fourth-order valence-electron chi connectivity index (χ4n) is 17.3. The Balaban J connectivity index is 0.000000104. The molecule has 0 bridgehead atoms. The fraction of sp³-hybridized carbons (Fsp3) is 0.0357. The monoisotopic (exact) mass is 1490 g/mol. The van der Waals surface area contributed by atoms with Gasteiger partial charge in [-0.15, -0.1) is 0 Å². The van der Waals surface area contributed by atoms with Crippen LogP contribution in [0.4, 0.5) is 0 Å². The van der Waals surface area contributed by atoms with E-state index in [1.54, 1.807) is 0 Å². The summed E-state index contributed by atoms with van der Waals surface area (Å²) in [5, 5.41) is 9.83. The Hall–Kier alpha value is -14.8. The van der Waals surface area contributed by atoms with Crippen molar-refractivity contribution in [2.24, 2.45) is 0 Å². The molecule has 0 aliphatic rings. The van der Waals surface area contributed by atoms with Crippen molar-refractivity contribution in [3.63, 3.8) is 0 Å². The Kier molecular flexibility index (Phi) is 19.3. The fourth-order valence-corrected chi connectivity index (χ4v) is 17.3. The van der Waals surface area contributed by atoms with Crippen LogP contribution in [-0.4, -0.2) is 9.13 Å². The lowest BCUT2D eigenvalue weighted by molar-refractivity contribution is 0.668. The van der Waals surface area contributed by atoms with Crippen molar-refractivity contribution in [2.75, 3.05) is 0 Å². The minimum Gasteiger partial charge on any atom is -0.456 e. The van der Waals surface area contributed by atoms with Crippen LogP contribution in [0, 0.1) is 27.7 Å². The molecule has 0 atom stereocenters. The molecular formula is C112H82N2O2. The predicted molar refractivity (Wildman–Crippen MR) is 491 cm³/mol. The van der Waals surface area contributed by atoms with Crippen LogP contribution < -0.4 is 0 Å². The van der Waals surface area contributed by atoms with E-state index in [0.29, 0.717) is 0 Å². The normalized spacial score (nSPS) is 11.3. The minimum absolute atomic E-state index is 0.937. The number of hydrogen-bond acceptors (Lipinski definition) is 2. The van der Waals surface area contributed by atoms with E-state index in [4.69, 9.17) is 8.83 Å². The van der Waals surface area contributed by atoms with Crippen LogP contribution in [0.5, 0.6) is 0 Å². The summed E-state index contributed by atoms with van der Waals surface area (Å²) >= 11 is 0. The van der Waals surface area contributed by atoms with Crippen molar-refractivity contribution in [1.82, 2.24) is 9.13 Å². The first-order valence-corrected chi connectivity index (χ1v) is 39.9. The molecule has 0 saturated heterocycles. The molecule has 4 aromatic heterocycles. The highest BCUT2D eigenvalue weighted by molar-refractivity contribution is 6.15. The number of furan rings is 2. The maximum absolute atomic E-state index is 6.04. The van der Waals surface area contributed by atoms with Crippen LogP contribution in [0.2, 0.25) is 0 Å². The van der Waals surface area contributed by atoms with Crippen molar-refractivity contribution in [1.29, 1.82) is 0 Å². The zero-order valence-corrected chi connectivity index (χ0v) is 65.1. The second kappa shape index (κ2) is 31.4. The van der Waals surface area contributed by atoms with Gasteiger partial charge in [0.15, 0.2) is 0 Å². The molecule has 4 heteroatoms. The van der Waals surface area contributed by atoms with Gasteiger partial charge in [-0.25, -0.2) is 0 Å². The van der Waals surface area contributed by atoms with Gasteiger partial charge in [0, 0.05) is 54.5 Å². The van der Waals surface area contributed by atoms with Crippen LogP contribution in [-0.2, 0) is 0 Å². The van der Waals surface area contributed by atoms with Crippen molar-refractivity contribution in [2.45, 2.75) is 27.7 Å². The van der Waals surface area contributed by atoms with Gasteiger partial charge in [-0.1, -0.05) is 340 Å². The third kappa shape index (κ3) is 13.6. The van der Waals surface area contributed by atoms with E-state index >= 15 is 0 Å². The zero-order valence-electron chi connectivity index (χ0n) is 65.1. The first-order valence-electron chi connectivity index (χ1n) is 39.9. The van der Waals surface area contributed by atoms with E-state index in [2.05, 4.69) is 425 Å². The molecule has 18 aromatic carbocycles. The smallest absolute Gasteiger partial charge is 0.136 e. The van der Waals surface area contributed by atoms with Gasteiger partial charge in [-0.05, 0) is 224 Å². The number of hydrogen-bond donors (Lipinski definition) is 0. The number of rotatable bonds is 10. The van der Waals surface area contributed by atoms with Crippen molar-refractivity contribution in [3.05, 3.63) is 447 Å². The molecule has 22 aromatic rings. The number of aryl methyl sites for hydroxylation is 4. The van der Waals surface area contributed by atoms with E-state index in [1.807, 2.05) is 36.4 Å². The molecular weight excluding hydrogens is 1410 g/mol. The summed E-state index contributed by atoms with van der Waals surface area (Å²) in [4.78, 5) is 0. The molecule has 0 radical (unpaired) electrons. The highest BCUT2D eigenvalue weighted by Crippen LogP contribution is 2.44. The van der Waals surface area contributed by atoms with Crippen molar-refractivity contribution in [3.8, 4) is 100 Å². The van der Waals surface area contributed by atoms with Gasteiger partial charge in [0.05, 0.1) is 22.1 Å². The lowest BCUT2D eigenvalue weighted by Gasteiger charge is -2.14. The molecule has 552 valence electrons. The molecule has 0 amide bonds. The van der Waals surface area contributed by atoms with Crippen LogP contribution in [0.25, 0.3) is 188 Å². The Labute approximate surface area is 676 Å². The molecule has 22 rings (SSSR count). The number of fused-ring (bicyclic) bond motifs is 12. The highest BCUT2D eigenvalue weighted by atomic mass is 16.3.